The fraction of sp³-hybridized carbons (Fsp3) is 0.957. The molecule has 0 aromatic rings. The number of hydrogen-bond acceptors (Lipinski definition) is 4. The van der Waals surface area contributed by atoms with Crippen molar-refractivity contribution in [2.45, 2.75) is 259 Å². The molecule has 50 heavy (non-hydrogen) atoms. The lowest BCUT2D eigenvalue weighted by molar-refractivity contribution is -0.146. The summed E-state index contributed by atoms with van der Waals surface area (Å²) in [6, 6.07) is 0. The number of carbonyl (C=O) groups is 2. The highest BCUT2D eigenvalue weighted by molar-refractivity contribution is 5.69. The average Bonchev–Trinajstić information content (AvgIpc) is 3.12. The molecule has 2 atom stereocenters. The fourth-order valence-corrected chi connectivity index (χ4v) is 7.29. The highest BCUT2D eigenvalue weighted by Crippen LogP contribution is 2.22. The first-order chi connectivity index (χ1) is 24.6. The smallest absolute Gasteiger partial charge is 0.305 e. The van der Waals surface area contributed by atoms with Crippen molar-refractivity contribution in [2.24, 2.45) is 11.8 Å². The zero-order chi connectivity index (χ0) is 36.6. The molecule has 0 aliphatic rings. The first-order valence-corrected chi connectivity index (χ1v) is 22.9. The fourth-order valence-electron chi connectivity index (χ4n) is 7.29. The van der Waals surface area contributed by atoms with E-state index in [0.717, 1.165) is 38.5 Å². The van der Waals surface area contributed by atoms with E-state index in [2.05, 4.69) is 27.7 Å². The Morgan fingerprint density at radius 3 is 0.820 bits per heavy atom. The molecule has 298 valence electrons. The van der Waals surface area contributed by atoms with E-state index in [-0.39, 0.29) is 11.9 Å². The van der Waals surface area contributed by atoms with E-state index in [1.807, 2.05) is 0 Å². The predicted octanol–water partition coefficient (Wildman–Crippen LogP) is 15.4. The van der Waals surface area contributed by atoms with Crippen LogP contribution in [0, 0.1) is 11.8 Å². The van der Waals surface area contributed by atoms with Crippen LogP contribution in [0.4, 0.5) is 0 Å². The van der Waals surface area contributed by atoms with Crippen molar-refractivity contribution in [3.63, 3.8) is 0 Å². The summed E-state index contributed by atoms with van der Waals surface area (Å²) in [5.74, 6) is 1.06. The van der Waals surface area contributed by atoms with Crippen molar-refractivity contribution < 1.29 is 19.1 Å². The largest absolute Gasteiger partial charge is 0.465 e. The Labute approximate surface area is 314 Å². The van der Waals surface area contributed by atoms with E-state index in [4.69, 9.17) is 9.47 Å². The van der Waals surface area contributed by atoms with Gasteiger partial charge in [-0.2, -0.15) is 0 Å². The minimum absolute atomic E-state index is 0.00620. The quantitative estimate of drug-likeness (QED) is 0.0469. The van der Waals surface area contributed by atoms with Crippen molar-refractivity contribution in [3.05, 3.63) is 0 Å². The van der Waals surface area contributed by atoms with E-state index < -0.39 is 0 Å². The molecule has 0 radical (unpaired) electrons. The van der Waals surface area contributed by atoms with Crippen LogP contribution in [0.25, 0.3) is 0 Å². The van der Waals surface area contributed by atoms with Crippen molar-refractivity contribution in [2.75, 3.05) is 13.2 Å². The summed E-state index contributed by atoms with van der Waals surface area (Å²) in [4.78, 5) is 25.0. The highest BCUT2D eigenvalue weighted by Gasteiger charge is 2.14. The van der Waals surface area contributed by atoms with Crippen LogP contribution < -0.4 is 0 Å². The normalized spacial score (nSPS) is 12.6. The molecule has 0 spiro atoms. The van der Waals surface area contributed by atoms with Crippen molar-refractivity contribution >= 4 is 11.9 Å². The van der Waals surface area contributed by atoms with Gasteiger partial charge in [-0.05, 0) is 50.4 Å². The van der Waals surface area contributed by atoms with Crippen LogP contribution in [0.1, 0.15) is 259 Å². The number of esters is 2. The van der Waals surface area contributed by atoms with Gasteiger partial charge in [-0.1, -0.05) is 207 Å². The van der Waals surface area contributed by atoms with E-state index in [9.17, 15) is 9.59 Å². The van der Waals surface area contributed by atoms with Gasteiger partial charge in [-0.15, -0.1) is 0 Å². The Bertz CT molecular complexity index is 634. The first-order valence-electron chi connectivity index (χ1n) is 22.9. The van der Waals surface area contributed by atoms with Gasteiger partial charge in [-0.25, -0.2) is 0 Å². The van der Waals surface area contributed by atoms with Crippen LogP contribution in [0.2, 0.25) is 0 Å². The number of rotatable bonds is 41. The first kappa shape index (κ1) is 48.9. The SMILES string of the molecule is CCCCCCCCCCC(CCCCCC)COC(=O)CCCCCCCCC(=O)OCC(CCCCCC)CCCCCCCCCC. The molecule has 0 saturated heterocycles. The van der Waals surface area contributed by atoms with Gasteiger partial charge in [-0.3, -0.25) is 9.59 Å². The van der Waals surface area contributed by atoms with Gasteiger partial charge in [0, 0.05) is 12.8 Å². The number of unbranched alkanes of at least 4 members (excludes halogenated alkanes) is 25. The van der Waals surface area contributed by atoms with Crippen molar-refractivity contribution in [3.8, 4) is 0 Å². The zero-order valence-corrected chi connectivity index (χ0v) is 34.7. The topological polar surface area (TPSA) is 52.6 Å². The molecule has 0 aliphatic carbocycles. The van der Waals surface area contributed by atoms with Crippen molar-refractivity contribution in [1.82, 2.24) is 0 Å². The molecule has 0 rings (SSSR count). The summed E-state index contributed by atoms with van der Waals surface area (Å²) >= 11 is 0. The molecule has 4 nitrogen and oxygen atoms in total. The number of ether oxygens (including phenoxy) is 2. The minimum Gasteiger partial charge on any atom is -0.465 e. The Morgan fingerprint density at radius 2 is 0.540 bits per heavy atom. The van der Waals surface area contributed by atoms with Crippen LogP contribution >= 0.6 is 0 Å². The number of hydrogen-bond donors (Lipinski definition) is 0. The molecule has 0 aromatic carbocycles. The van der Waals surface area contributed by atoms with Crippen LogP contribution in [-0.4, -0.2) is 25.2 Å². The Morgan fingerprint density at radius 1 is 0.320 bits per heavy atom. The molecule has 0 N–H and O–H groups in total. The van der Waals surface area contributed by atoms with Crippen LogP contribution in [0.3, 0.4) is 0 Å². The Balaban J connectivity index is 4.05. The molecule has 0 heterocycles. The summed E-state index contributed by atoms with van der Waals surface area (Å²) in [5, 5.41) is 0. The minimum atomic E-state index is -0.00620. The number of carbonyl (C=O) groups excluding carboxylic acids is 2. The lowest BCUT2D eigenvalue weighted by atomic mass is 9.95. The molecule has 0 aliphatic heterocycles. The molecule has 0 amide bonds. The van der Waals surface area contributed by atoms with E-state index >= 15 is 0 Å². The molecule has 0 aromatic heterocycles. The summed E-state index contributed by atoms with van der Waals surface area (Å²) < 4.78 is 11.6. The van der Waals surface area contributed by atoms with E-state index in [1.54, 1.807) is 0 Å². The molecule has 0 fully saturated rings. The van der Waals surface area contributed by atoms with E-state index in [1.165, 1.54) is 180 Å². The third-order valence-corrected chi connectivity index (χ3v) is 10.8. The Hall–Kier alpha value is -1.06. The van der Waals surface area contributed by atoms with Gasteiger partial charge in [0.15, 0.2) is 0 Å². The standard InChI is InChI=1S/C46H90O4/c1-5-9-13-17-19-21-25-31-37-43(35-29-15-11-7-3)41-49-45(47)39-33-27-23-24-28-34-40-46(48)50-42-44(36-30-16-12-8-4)38-32-26-22-20-18-14-10-6-2/h43-44H,5-42H2,1-4H3. The monoisotopic (exact) mass is 707 g/mol. The molecule has 2 unspecified atom stereocenters. The van der Waals surface area contributed by atoms with Crippen LogP contribution in [0.5, 0.6) is 0 Å². The Kier molecular flexibility index (Phi) is 39.8. The predicted molar refractivity (Wildman–Crippen MR) is 218 cm³/mol. The lowest BCUT2D eigenvalue weighted by Crippen LogP contribution is -2.14. The summed E-state index contributed by atoms with van der Waals surface area (Å²) in [6.45, 7) is 10.3. The molecule has 4 heteroatoms. The third kappa shape index (κ3) is 36.7. The summed E-state index contributed by atoms with van der Waals surface area (Å²) in [6.07, 6.45) is 44.1. The summed E-state index contributed by atoms with van der Waals surface area (Å²) in [7, 11) is 0. The second kappa shape index (κ2) is 40.7. The molecular weight excluding hydrogens is 617 g/mol. The van der Waals surface area contributed by atoms with Crippen LogP contribution in [-0.2, 0) is 19.1 Å². The van der Waals surface area contributed by atoms with Gasteiger partial charge in [0.05, 0.1) is 13.2 Å². The van der Waals surface area contributed by atoms with Gasteiger partial charge in [0.25, 0.3) is 0 Å². The third-order valence-electron chi connectivity index (χ3n) is 10.8. The van der Waals surface area contributed by atoms with Crippen LogP contribution in [0.15, 0.2) is 0 Å². The second-order valence-corrected chi connectivity index (χ2v) is 15.9. The van der Waals surface area contributed by atoms with Gasteiger partial charge >= 0.3 is 11.9 Å². The second-order valence-electron chi connectivity index (χ2n) is 15.9. The zero-order valence-electron chi connectivity index (χ0n) is 34.7. The molecular formula is C46H90O4. The van der Waals surface area contributed by atoms with Gasteiger partial charge in [0.2, 0.25) is 0 Å². The maximum absolute atomic E-state index is 12.5. The van der Waals surface area contributed by atoms with E-state index in [0.29, 0.717) is 37.9 Å². The maximum Gasteiger partial charge on any atom is 0.305 e. The van der Waals surface area contributed by atoms with Crippen molar-refractivity contribution in [1.29, 1.82) is 0 Å². The maximum atomic E-state index is 12.5. The lowest BCUT2D eigenvalue weighted by Gasteiger charge is -2.17. The summed E-state index contributed by atoms with van der Waals surface area (Å²) in [5.41, 5.74) is 0. The highest BCUT2D eigenvalue weighted by atomic mass is 16.5. The average molecular weight is 707 g/mol. The van der Waals surface area contributed by atoms with Gasteiger partial charge < -0.3 is 9.47 Å². The molecule has 0 saturated carbocycles. The van der Waals surface area contributed by atoms with Gasteiger partial charge in [0.1, 0.15) is 0 Å². The molecule has 0 bridgehead atoms.